The number of carboxylic acid groups (broad SMARTS) is 1. The number of hydrogen-bond acceptors (Lipinski definition) is 9. The Morgan fingerprint density at radius 3 is 2.41 bits per heavy atom. The summed E-state index contributed by atoms with van der Waals surface area (Å²) in [6.07, 6.45) is 1.62. The Hall–Kier alpha value is -4.02. The first kappa shape index (κ1) is 28.0. The van der Waals surface area contributed by atoms with Gasteiger partial charge in [-0.3, -0.25) is 13.9 Å². The van der Waals surface area contributed by atoms with Crippen LogP contribution in [0.25, 0.3) is 16.7 Å². The van der Waals surface area contributed by atoms with Gasteiger partial charge in [-0.2, -0.15) is 8.42 Å². The van der Waals surface area contributed by atoms with E-state index < -0.39 is 44.5 Å². The smallest absolute Gasteiger partial charge is 0.341 e. The van der Waals surface area contributed by atoms with Crippen molar-refractivity contribution >= 4 is 38.7 Å². The van der Waals surface area contributed by atoms with E-state index in [9.17, 15) is 31.9 Å². The maximum absolute atomic E-state index is 15.2. The van der Waals surface area contributed by atoms with Crippen LogP contribution >= 0.6 is 0 Å². The number of fused-ring (bicyclic) bond motifs is 1. The SMILES string of the molecule is CON=C1CN(c2nc3c(cc2F)c(=O)c(C(=O)O)cn3-c2ccc(F)cc2F)CC12CNC2.CS(=O)(=O)O. The average Bonchev–Trinajstić information content (AvgIpc) is 3.19. The normalized spacial score (nSPS) is 17.2. The number of nitrogens with one attached hydrogen (secondary N) is 1. The van der Waals surface area contributed by atoms with E-state index in [1.165, 1.54) is 7.11 Å². The lowest BCUT2D eigenvalue weighted by Gasteiger charge is -2.38. The van der Waals surface area contributed by atoms with E-state index in [-0.39, 0.29) is 34.5 Å². The van der Waals surface area contributed by atoms with Crippen molar-refractivity contribution in [2.45, 2.75) is 0 Å². The largest absolute Gasteiger partial charge is 0.477 e. The van der Waals surface area contributed by atoms with Gasteiger partial charge < -0.3 is 20.2 Å². The summed E-state index contributed by atoms with van der Waals surface area (Å²) in [4.78, 5) is 35.3. The molecule has 0 bridgehead atoms. The summed E-state index contributed by atoms with van der Waals surface area (Å²) in [5.74, 6) is -4.39. The lowest BCUT2D eigenvalue weighted by atomic mass is 9.79. The molecule has 1 spiro atoms. The minimum atomic E-state index is -3.67. The topological polar surface area (TPSA) is 163 Å². The molecule has 0 saturated carbocycles. The fourth-order valence-electron chi connectivity index (χ4n) is 4.44. The van der Waals surface area contributed by atoms with Crippen molar-refractivity contribution in [3.63, 3.8) is 0 Å². The number of nitrogens with zero attached hydrogens (tertiary/aromatic N) is 4. The zero-order valence-corrected chi connectivity index (χ0v) is 21.3. The molecule has 3 aromatic rings. The number of carboxylic acids is 1. The van der Waals surface area contributed by atoms with Crippen molar-refractivity contribution in [2.75, 3.05) is 44.4 Å². The van der Waals surface area contributed by atoms with Crippen LogP contribution in [0.15, 0.2) is 40.4 Å². The Labute approximate surface area is 219 Å². The second-order valence-corrected chi connectivity index (χ2v) is 10.5. The fraction of sp³-hybridized carbons (Fsp3) is 0.304. The molecule has 2 fully saturated rings. The molecule has 3 N–H and O–H groups in total. The molecule has 2 aromatic heterocycles. The summed E-state index contributed by atoms with van der Waals surface area (Å²) in [7, 11) is -2.25. The zero-order chi connectivity index (χ0) is 28.7. The molecule has 4 heterocycles. The number of hydrogen-bond donors (Lipinski definition) is 3. The molecule has 2 saturated heterocycles. The monoisotopic (exact) mass is 569 g/mol. The molecule has 1 aromatic carbocycles. The van der Waals surface area contributed by atoms with Crippen LogP contribution in [0.4, 0.5) is 19.0 Å². The molecule has 0 unspecified atom stereocenters. The molecule has 2 aliphatic heterocycles. The quantitative estimate of drug-likeness (QED) is 0.309. The Morgan fingerprint density at radius 1 is 1.21 bits per heavy atom. The van der Waals surface area contributed by atoms with E-state index in [4.69, 9.17) is 9.39 Å². The average molecular weight is 570 g/mol. The van der Waals surface area contributed by atoms with Crippen LogP contribution in [0.2, 0.25) is 0 Å². The molecule has 2 aliphatic rings. The van der Waals surface area contributed by atoms with Gasteiger partial charge in [-0.25, -0.2) is 22.9 Å². The van der Waals surface area contributed by atoms with Crippen molar-refractivity contribution in [3.8, 4) is 5.69 Å². The van der Waals surface area contributed by atoms with Crippen LogP contribution in [-0.4, -0.2) is 78.9 Å². The predicted molar refractivity (Wildman–Crippen MR) is 134 cm³/mol. The second kappa shape index (κ2) is 10.3. The number of carbonyl (C=O) groups is 1. The molecule has 0 radical (unpaired) electrons. The summed E-state index contributed by atoms with van der Waals surface area (Å²) >= 11 is 0. The maximum Gasteiger partial charge on any atom is 0.341 e. The Kier molecular flexibility index (Phi) is 7.38. The minimum absolute atomic E-state index is 0.112. The maximum atomic E-state index is 15.2. The van der Waals surface area contributed by atoms with Gasteiger partial charge in [0.1, 0.15) is 24.3 Å². The number of aromatic nitrogens is 2. The van der Waals surface area contributed by atoms with Crippen LogP contribution in [0, 0.1) is 22.9 Å². The van der Waals surface area contributed by atoms with Crippen molar-refractivity contribution in [2.24, 2.45) is 10.6 Å². The summed E-state index contributed by atoms with van der Waals surface area (Å²) in [6, 6.07) is 3.57. The zero-order valence-electron chi connectivity index (χ0n) is 20.5. The number of oxime groups is 1. The fourth-order valence-corrected chi connectivity index (χ4v) is 4.44. The highest BCUT2D eigenvalue weighted by Gasteiger charge is 2.50. The Balaban J connectivity index is 0.000000648. The Bertz CT molecular complexity index is 1660. The molecule has 39 heavy (non-hydrogen) atoms. The third kappa shape index (κ3) is 5.57. The van der Waals surface area contributed by atoms with Crippen molar-refractivity contribution in [1.29, 1.82) is 0 Å². The van der Waals surface area contributed by atoms with Crippen LogP contribution < -0.4 is 15.6 Å². The van der Waals surface area contributed by atoms with Crippen molar-refractivity contribution < 1.29 is 40.9 Å². The predicted octanol–water partition coefficient (Wildman–Crippen LogP) is 1.42. The summed E-state index contributed by atoms with van der Waals surface area (Å²) < 4.78 is 70.2. The van der Waals surface area contributed by atoms with E-state index in [2.05, 4.69) is 15.5 Å². The van der Waals surface area contributed by atoms with Gasteiger partial charge in [0.25, 0.3) is 10.1 Å². The van der Waals surface area contributed by atoms with Crippen molar-refractivity contribution in [1.82, 2.24) is 14.9 Å². The minimum Gasteiger partial charge on any atom is -0.477 e. The standard InChI is InChI=1S/C22H18F3N5O4.CH4O3S/c1-34-28-17-7-29(10-22(17)8-26-9-22)20-15(25)5-12-18(31)13(21(32)33)6-30(19(12)27-20)16-3-2-11(23)4-14(16)24;1-5(2,3)4/h2-6,26H,7-10H2,1H3,(H,32,33);1H3,(H,2,3,4). The number of aromatic carboxylic acids is 1. The summed E-state index contributed by atoms with van der Waals surface area (Å²) in [6.45, 7) is 1.83. The third-order valence-electron chi connectivity index (χ3n) is 6.19. The summed E-state index contributed by atoms with van der Waals surface area (Å²) in [5.41, 5.74) is -1.74. The van der Waals surface area contributed by atoms with Crippen LogP contribution in [0.3, 0.4) is 0 Å². The van der Waals surface area contributed by atoms with Gasteiger partial charge in [0.05, 0.1) is 35.0 Å². The second-order valence-electron chi connectivity index (χ2n) is 9.00. The highest BCUT2D eigenvalue weighted by molar-refractivity contribution is 7.85. The lowest BCUT2D eigenvalue weighted by Crippen LogP contribution is -2.58. The van der Waals surface area contributed by atoms with E-state index in [1.807, 2.05) is 0 Å². The molecule has 0 atom stereocenters. The van der Waals surface area contributed by atoms with Gasteiger partial charge in [0.2, 0.25) is 5.43 Å². The van der Waals surface area contributed by atoms with E-state index in [0.29, 0.717) is 37.7 Å². The van der Waals surface area contributed by atoms with Gasteiger partial charge in [-0.15, -0.1) is 0 Å². The van der Waals surface area contributed by atoms with Crippen molar-refractivity contribution in [3.05, 3.63) is 63.7 Å². The number of anilines is 1. The highest BCUT2D eigenvalue weighted by atomic mass is 32.2. The molecule has 208 valence electrons. The molecular weight excluding hydrogens is 547 g/mol. The number of rotatable bonds is 4. The molecule has 16 heteroatoms. The molecule has 0 amide bonds. The van der Waals surface area contributed by atoms with Gasteiger partial charge in [-0.1, -0.05) is 5.16 Å². The lowest BCUT2D eigenvalue weighted by molar-refractivity contribution is 0.0695. The van der Waals surface area contributed by atoms with Gasteiger partial charge >= 0.3 is 5.97 Å². The highest BCUT2D eigenvalue weighted by Crippen LogP contribution is 2.36. The molecule has 0 aliphatic carbocycles. The van der Waals surface area contributed by atoms with Crippen LogP contribution in [0.1, 0.15) is 10.4 Å². The van der Waals surface area contributed by atoms with Gasteiger partial charge in [0.15, 0.2) is 17.3 Å². The number of pyridine rings is 2. The van der Waals surface area contributed by atoms with Gasteiger partial charge in [0, 0.05) is 31.9 Å². The Morgan fingerprint density at radius 2 is 1.87 bits per heavy atom. The van der Waals surface area contributed by atoms with Crippen LogP contribution in [0.5, 0.6) is 0 Å². The van der Waals surface area contributed by atoms with Gasteiger partial charge in [-0.05, 0) is 18.2 Å². The first-order valence-electron chi connectivity index (χ1n) is 11.2. The molecular formula is C23H22F3N5O7S. The summed E-state index contributed by atoms with van der Waals surface area (Å²) in [5, 5.41) is 16.3. The number of halogens is 3. The van der Waals surface area contributed by atoms with Crippen LogP contribution in [-0.2, 0) is 15.0 Å². The molecule has 12 nitrogen and oxygen atoms in total. The first-order chi connectivity index (χ1) is 18.2. The van der Waals surface area contributed by atoms with E-state index in [0.717, 1.165) is 29.0 Å². The van der Waals surface area contributed by atoms with E-state index in [1.54, 1.807) is 4.90 Å². The number of benzene rings is 1. The van der Waals surface area contributed by atoms with E-state index >= 15 is 4.39 Å². The first-order valence-corrected chi connectivity index (χ1v) is 13.0. The molecule has 5 rings (SSSR count). The third-order valence-corrected chi connectivity index (χ3v) is 6.19.